The molecule has 0 bridgehead atoms. The Kier molecular flexibility index (Phi) is 5.70. The van der Waals surface area contributed by atoms with Gasteiger partial charge in [0, 0.05) is 34.1 Å². The number of rotatable bonds is 4. The van der Waals surface area contributed by atoms with Crippen molar-refractivity contribution in [2.45, 2.75) is 50.2 Å². The number of fused-ring (bicyclic) bond motifs is 4. The summed E-state index contributed by atoms with van der Waals surface area (Å²) in [5.41, 5.74) is 4.32. The molecule has 39 heavy (non-hydrogen) atoms. The Labute approximate surface area is 230 Å². The van der Waals surface area contributed by atoms with E-state index in [0.29, 0.717) is 22.7 Å². The van der Waals surface area contributed by atoms with Crippen LogP contribution < -0.4 is 10.2 Å². The molecule has 7 rings (SSSR count). The molecular formula is C31H27ClN4O3. The number of carbonyl (C=O) groups is 3. The molecule has 196 valence electrons. The van der Waals surface area contributed by atoms with Crippen molar-refractivity contribution in [3.8, 4) is 0 Å². The van der Waals surface area contributed by atoms with Crippen molar-refractivity contribution in [2.24, 2.45) is 0 Å². The zero-order valence-electron chi connectivity index (χ0n) is 21.2. The van der Waals surface area contributed by atoms with Gasteiger partial charge in [0.05, 0.1) is 11.3 Å². The predicted octanol–water partition coefficient (Wildman–Crippen LogP) is 5.98. The van der Waals surface area contributed by atoms with Crippen LogP contribution in [0.5, 0.6) is 0 Å². The lowest BCUT2D eigenvalue weighted by Gasteiger charge is -2.36. The lowest BCUT2D eigenvalue weighted by atomic mass is 9.89. The van der Waals surface area contributed by atoms with E-state index in [1.807, 2.05) is 42.5 Å². The summed E-state index contributed by atoms with van der Waals surface area (Å²) in [5, 5.41) is 4.69. The number of anilines is 1. The Balaban J connectivity index is 1.33. The summed E-state index contributed by atoms with van der Waals surface area (Å²) in [5.74, 6) is -0.588. The number of amides is 4. The van der Waals surface area contributed by atoms with Crippen molar-refractivity contribution in [3.63, 3.8) is 0 Å². The number of aromatic nitrogens is 1. The minimum atomic E-state index is -0.709. The molecule has 1 saturated carbocycles. The van der Waals surface area contributed by atoms with Gasteiger partial charge >= 0.3 is 6.03 Å². The van der Waals surface area contributed by atoms with E-state index in [9.17, 15) is 14.4 Å². The van der Waals surface area contributed by atoms with Crippen molar-refractivity contribution in [1.82, 2.24) is 15.2 Å². The molecular weight excluding hydrogens is 512 g/mol. The van der Waals surface area contributed by atoms with E-state index in [0.717, 1.165) is 53.4 Å². The maximum Gasteiger partial charge on any atom is 0.332 e. The number of nitrogens with zero attached hydrogens (tertiary/aromatic N) is 2. The average molecular weight is 539 g/mol. The lowest BCUT2D eigenvalue weighted by molar-refractivity contribution is -0.120. The summed E-state index contributed by atoms with van der Waals surface area (Å²) < 4.78 is 0. The number of benzene rings is 3. The number of hydrogen-bond acceptors (Lipinski definition) is 3. The number of imide groups is 1. The summed E-state index contributed by atoms with van der Waals surface area (Å²) in [6.45, 7) is 0. The van der Waals surface area contributed by atoms with Crippen molar-refractivity contribution in [2.75, 3.05) is 4.90 Å². The van der Waals surface area contributed by atoms with Crippen LogP contribution >= 0.6 is 11.6 Å². The van der Waals surface area contributed by atoms with Gasteiger partial charge in [0.1, 0.15) is 12.1 Å². The van der Waals surface area contributed by atoms with Crippen LogP contribution in [0.4, 0.5) is 10.5 Å². The number of nitrogens with one attached hydrogen (secondary N) is 2. The van der Waals surface area contributed by atoms with Crippen molar-refractivity contribution in [1.29, 1.82) is 0 Å². The first-order valence-electron chi connectivity index (χ1n) is 13.4. The van der Waals surface area contributed by atoms with E-state index < -0.39 is 18.1 Å². The summed E-state index contributed by atoms with van der Waals surface area (Å²) in [6, 6.07) is 20.7. The van der Waals surface area contributed by atoms with E-state index in [4.69, 9.17) is 11.6 Å². The predicted molar refractivity (Wildman–Crippen MR) is 150 cm³/mol. The number of carbonyl (C=O) groups excluding carboxylic acids is 3. The molecule has 1 saturated heterocycles. The highest BCUT2D eigenvalue weighted by atomic mass is 35.5. The van der Waals surface area contributed by atoms with Crippen LogP contribution in [0.25, 0.3) is 10.9 Å². The van der Waals surface area contributed by atoms with Crippen molar-refractivity contribution in [3.05, 3.63) is 100 Å². The molecule has 3 aromatic carbocycles. The SMILES string of the molecule is O=C(NC1CCCC1)c1ccccc1N1C(=O)[C@@H]2Cc3c([nH]c4ccccc34)[C@H](c3cccc(Cl)c3)N2C1=O. The zero-order chi connectivity index (χ0) is 26.7. The van der Waals surface area contributed by atoms with Gasteiger partial charge in [-0.15, -0.1) is 0 Å². The van der Waals surface area contributed by atoms with Gasteiger partial charge in [0.25, 0.3) is 11.8 Å². The maximum absolute atomic E-state index is 14.2. The van der Waals surface area contributed by atoms with E-state index in [2.05, 4.69) is 10.3 Å². The number of H-pyrrole nitrogens is 1. The second-order valence-electron chi connectivity index (χ2n) is 10.6. The van der Waals surface area contributed by atoms with Crippen molar-refractivity contribution < 1.29 is 14.4 Å². The van der Waals surface area contributed by atoms with Crippen LogP contribution in [0.3, 0.4) is 0 Å². The Hall–Kier alpha value is -4.10. The second-order valence-corrected chi connectivity index (χ2v) is 11.0. The third kappa shape index (κ3) is 3.83. The Morgan fingerprint density at radius 2 is 1.72 bits per heavy atom. The van der Waals surface area contributed by atoms with Gasteiger partial charge < -0.3 is 10.3 Å². The van der Waals surface area contributed by atoms with Gasteiger partial charge in [-0.05, 0) is 54.3 Å². The molecule has 2 atom stereocenters. The second kappa shape index (κ2) is 9.27. The highest BCUT2D eigenvalue weighted by Crippen LogP contribution is 2.45. The number of aromatic amines is 1. The highest BCUT2D eigenvalue weighted by molar-refractivity contribution is 6.30. The Morgan fingerprint density at radius 3 is 2.54 bits per heavy atom. The van der Waals surface area contributed by atoms with Crippen LogP contribution in [0.2, 0.25) is 5.02 Å². The molecule has 0 spiro atoms. The summed E-state index contributed by atoms with van der Waals surface area (Å²) in [7, 11) is 0. The van der Waals surface area contributed by atoms with Crippen LogP contribution in [0.15, 0.2) is 72.8 Å². The maximum atomic E-state index is 14.2. The van der Waals surface area contributed by atoms with E-state index in [1.54, 1.807) is 35.2 Å². The number of hydrogen-bond donors (Lipinski definition) is 2. The molecule has 3 aliphatic rings. The fraction of sp³-hybridized carbons (Fsp3) is 0.258. The van der Waals surface area contributed by atoms with Gasteiger partial charge in [-0.1, -0.05) is 66.9 Å². The molecule has 2 aliphatic heterocycles. The zero-order valence-corrected chi connectivity index (χ0v) is 21.9. The molecule has 7 nitrogen and oxygen atoms in total. The highest BCUT2D eigenvalue weighted by Gasteiger charge is 2.53. The third-order valence-corrected chi connectivity index (χ3v) is 8.53. The smallest absolute Gasteiger partial charge is 0.332 e. The minimum absolute atomic E-state index is 0.118. The lowest BCUT2D eigenvalue weighted by Crippen LogP contribution is -2.44. The molecule has 8 heteroatoms. The minimum Gasteiger partial charge on any atom is -0.356 e. The summed E-state index contributed by atoms with van der Waals surface area (Å²) in [6.07, 6.45) is 4.45. The number of urea groups is 1. The summed E-state index contributed by atoms with van der Waals surface area (Å²) in [4.78, 5) is 48.0. The molecule has 4 amide bonds. The van der Waals surface area contributed by atoms with Crippen LogP contribution in [-0.2, 0) is 11.2 Å². The van der Waals surface area contributed by atoms with Crippen LogP contribution in [0.1, 0.15) is 58.9 Å². The molecule has 0 unspecified atom stereocenters. The van der Waals surface area contributed by atoms with Gasteiger partial charge in [0.15, 0.2) is 0 Å². The standard InChI is InChI=1S/C31H27ClN4O3/c32-19-9-7-8-18(16-19)28-27-23(21-12-3-5-14-24(21)34-27)17-26-30(38)36(31(39)35(26)28)25-15-6-4-13-22(25)29(37)33-20-10-1-2-11-20/h3-9,12-16,20,26,28,34H,1-2,10-11,17H2,(H,33,37)/t26-,28-/m0/s1. The monoisotopic (exact) mass is 538 g/mol. The van der Waals surface area contributed by atoms with Gasteiger partial charge in [-0.25, -0.2) is 9.69 Å². The summed E-state index contributed by atoms with van der Waals surface area (Å²) >= 11 is 6.39. The van der Waals surface area contributed by atoms with Gasteiger partial charge in [0.2, 0.25) is 0 Å². The largest absolute Gasteiger partial charge is 0.356 e. The molecule has 3 heterocycles. The molecule has 2 N–H and O–H groups in total. The fourth-order valence-electron chi connectivity index (χ4n) is 6.51. The first kappa shape index (κ1) is 24.0. The average Bonchev–Trinajstić information content (AvgIpc) is 3.65. The van der Waals surface area contributed by atoms with E-state index >= 15 is 0 Å². The third-order valence-electron chi connectivity index (χ3n) is 8.29. The van der Waals surface area contributed by atoms with E-state index in [1.165, 1.54) is 4.90 Å². The molecule has 1 aromatic heterocycles. The first-order chi connectivity index (χ1) is 19.0. The number of halogens is 1. The van der Waals surface area contributed by atoms with Crippen LogP contribution in [-0.4, -0.2) is 39.8 Å². The Morgan fingerprint density at radius 1 is 0.949 bits per heavy atom. The molecule has 0 radical (unpaired) electrons. The molecule has 4 aromatic rings. The van der Waals surface area contributed by atoms with Crippen molar-refractivity contribution >= 4 is 46.0 Å². The fourth-order valence-corrected chi connectivity index (χ4v) is 6.71. The topological polar surface area (TPSA) is 85.5 Å². The number of para-hydroxylation sites is 2. The van der Waals surface area contributed by atoms with Crippen LogP contribution in [0, 0.1) is 0 Å². The van der Waals surface area contributed by atoms with Gasteiger partial charge in [-0.3, -0.25) is 14.5 Å². The first-order valence-corrected chi connectivity index (χ1v) is 13.8. The Bertz CT molecular complexity index is 1640. The molecule has 2 fully saturated rings. The van der Waals surface area contributed by atoms with Gasteiger partial charge in [-0.2, -0.15) is 0 Å². The van der Waals surface area contributed by atoms with E-state index in [-0.39, 0.29) is 17.9 Å². The quantitative estimate of drug-likeness (QED) is 0.314. The normalized spacial score (nSPS) is 20.9. The molecule has 1 aliphatic carbocycles.